The number of nitrogens with zero attached hydrogens (tertiary/aromatic N) is 3. The van der Waals surface area contributed by atoms with E-state index in [0.29, 0.717) is 36.6 Å². The maximum absolute atomic E-state index is 11.9. The van der Waals surface area contributed by atoms with Crippen molar-refractivity contribution in [2.75, 3.05) is 27.3 Å². The Hall–Kier alpha value is -2.40. The zero-order valence-corrected chi connectivity index (χ0v) is 10.9. The van der Waals surface area contributed by atoms with Crippen molar-refractivity contribution in [1.82, 2.24) is 5.32 Å². The molecule has 0 atom stereocenters. The molecule has 0 saturated heterocycles. The van der Waals surface area contributed by atoms with Crippen molar-refractivity contribution in [2.24, 2.45) is 5.11 Å². The standard InChI is InChI=1S/C12H16N4O3/c1-18-9-4-5-10(11(8-9)19-2)12(17)14-6-3-7-15-16-13/h4-5,8H,3,6-7H2,1-2H3,(H,14,17). The van der Waals surface area contributed by atoms with E-state index in [-0.39, 0.29) is 5.91 Å². The third-order valence-corrected chi connectivity index (χ3v) is 2.44. The Labute approximate surface area is 111 Å². The van der Waals surface area contributed by atoms with Crippen molar-refractivity contribution in [1.29, 1.82) is 0 Å². The number of nitrogens with one attached hydrogen (secondary N) is 1. The Morgan fingerprint density at radius 1 is 1.42 bits per heavy atom. The molecule has 0 aliphatic carbocycles. The van der Waals surface area contributed by atoms with E-state index in [1.54, 1.807) is 25.3 Å². The lowest BCUT2D eigenvalue weighted by Gasteiger charge is -2.10. The van der Waals surface area contributed by atoms with Crippen molar-refractivity contribution in [3.8, 4) is 11.5 Å². The van der Waals surface area contributed by atoms with Gasteiger partial charge in [0.2, 0.25) is 0 Å². The van der Waals surface area contributed by atoms with Crippen LogP contribution in [0.1, 0.15) is 16.8 Å². The summed E-state index contributed by atoms with van der Waals surface area (Å²) in [6.07, 6.45) is 0.592. The fraction of sp³-hybridized carbons (Fsp3) is 0.417. The van der Waals surface area contributed by atoms with Crippen LogP contribution in [-0.4, -0.2) is 33.2 Å². The van der Waals surface area contributed by atoms with Crippen LogP contribution in [-0.2, 0) is 0 Å². The molecular formula is C12H16N4O3. The number of amides is 1. The third-order valence-electron chi connectivity index (χ3n) is 2.44. The van der Waals surface area contributed by atoms with Gasteiger partial charge < -0.3 is 14.8 Å². The van der Waals surface area contributed by atoms with E-state index in [4.69, 9.17) is 15.0 Å². The van der Waals surface area contributed by atoms with E-state index in [2.05, 4.69) is 15.3 Å². The summed E-state index contributed by atoms with van der Waals surface area (Å²) >= 11 is 0. The SMILES string of the molecule is COc1ccc(C(=O)NCCCN=[N+]=[N-])c(OC)c1. The van der Waals surface area contributed by atoms with Crippen LogP contribution in [0.4, 0.5) is 0 Å². The molecule has 1 rings (SSSR count). The van der Waals surface area contributed by atoms with Gasteiger partial charge in [-0.05, 0) is 24.1 Å². The lowest BCUT2D eigenvalue weighted by atomic mass is 10.1. The first-order valence-corrected chi connectivity index (χ1v) is 5.74. The van der Waals surface area contributed by atoms with Gasteiger partial charge in [0.1, 0.15) is 11.5 Å². The van der Waals surface area contributed by atoms with Crippen molar-refractivity contribution in [3.63, 3.8) is 0 Å². The van der Waals surface area contributed by atoms with Crippen molar-refractivity contribution >= 4 is 5.91 Å². The van der Waals surface area contributed by atoms with Gasteiger partial charge in [0.25, 0.3) is 5.91 Å². The largest absolute Gasteiger partial charge is 0.497 e. The Balaban J connectivity index is 2.63. The van der Waals surface area contributed by atoms with E-state index in [0.717, 1.165) is 0 Å². The van der Waals surface area contributed by atoms with E-state index < -0.39 is 0 Å². The molecule has 1 aromatic carbocycles. The normalized spacial score (nSPS) is 9.37. The molecule has 7 nitrogen and oxygen atoms in total. The summed E-state index contributed by atoms with van der Waals surface area (Å²) in [6, 6.07) is 4.98. The second kappa shape index (κ2) is 7.84. The minimum Gasteiger partial charge on any atom is -0.497 e. The Morgan fingerprint density at radius 2 is 2.21 bits per heavy atom. The van der Waals surface area contributed by atoms with E-state index in [1.807, 2.05) is 0 Å². The molecule has 0 fully saturated rings. The highest BCUT2D eigenvalue weighted by molar-refractivity contribution is 5.97. The topological polar surface area (TPSA) is 96.3 Å². The zero-order chi connectivity index (χ0) is 14.1. The molecule has 1 amide bonds. The molecule has 0 spiro atoms. The maximum Gasteiger partial charge on any atom is 0.255 e. The van der Waals surface area contributed by atoms with Crippen LogP contribution in [0.3, 0.4) is 0 Å². The summed E-state index contributed by atoms with van der Waals surface area (Å²) < 4.78 is 10.2. The quantitative estimate of drug-likeness (QED) is 0.353. The molecule has 0 heterocycles. The smallest absolute Gasteiger partial charge is 0.255 e. The average molecular weight is 264 g/mol. The number of hydrogen-bond acceptors (Lipinski definition) is 4. The summed E-state index contributed by atoms with van der Waals surface area (Å²) in [6.45, 7) is 0.795. The van der Waals surface area contributed by atoms with Crippen LogP contribution >= 0.6 is 0 Å². The van der Waals surface area contributed by atoms with Crippen LogP contribution in [0.25, 0.3) is 10.4 Å². The first-order chi connectivity index (χ1) is 9.22. The molecule has 0 aliphatic rings. The Bertz CT molecular complexity index is 484. The first kappa shape index (κ1) is 14.7. The molecular weight excluding hydrogens is 248 g/mol. The van der Waals surface area contributed by atoms with Gasteiger partial charge in [0.15, 0.2) is 0 Å². The molecule has 19 heavy (non-hydrogen) atoms. The molecule has 102 valence electrons. The van der Waals surface area contributed by atoms with Gasteiger partial charge in [-0.1, -0.05) is 5.11 Å². The number of benzene rings is 1. The van der Waals surface area contributed by atoms with Crippen LogP contribution < -0.4 is 14.8 Å². The van der Waals surface area contributed by atoms with Gasteiger partial charge in [0.05, 0.1) is 19.8 Å². The van der Waals surface area contributed by atoms with Crippen LogP contribution in [0, 0.1) is 0 Å². The summed E-state index contributed by atoms with van der Waals surface area (Å²) in [5, 5.41) is 6.11. The second-order valence-electron chi connectivity index (χ2n) is 3.63. The predicted molar refractivity (Wildman–Crippen MR) is 70.5 cm³/mol. The maximum atomic E-state index is 11.9. The molecule has 7 heteroatoms. The molecule has 1 aromatic rings. The lowest BCUT2D eigenvalue weighted by Crippen LogP contribution is -2.25. The first-order valence-electron chi connectivity index (χ1n) is 5.74. The number of carbonyl (C=O) groups is 1. The minimum absolute atomic E-state index is 0.236. The van der Waals surface area contributed by atoms with Crippen molar-refractivity contribution in [3.05, 3.63) is 34.2 Å². The third kappa shape index (κ3) is 4.40. The number of ether oxygens (including phenoxy) is 2. The molecule has 0 saturated carbocycles. The van der Waals surface area contributed by atoms with Gasteiger partial charge >= 0.3 is 0 Å². The van der Waals surface area contributed by atoms with Gasteiger partial charge in [-0.25, -0.2) is 0 Å². The molecule has 0 aliphatic heterocycles. The predicted octanol–water partition coefficient (Wildman–Crippen LogP) is 2.13. The molecule has 0 aromatic heterocycles. The fourth-order valence-corrected chi connectivity index (χ4v) is 1.48. The Kier molecular flexibility index (Phi) is 6.05. The van der Waals surface area contributed by atoms with Crippen LogP contribution in [0.15, 0.2) is 23.3 Å². The number of hydrogen-bond donors (Lipinski definition) is 1. The molecule has 1 N–H and O–H groups in total. The van der Waals surface area contributed by atoms with Crippen molar-refractivity contribution in [2.45, 2.75) is 6.42 Å². The second-order valence-corrected chi connectivity index (χ2v) is 3.63. The highest BCUT2D eigenvalue weighted by Gasteiger charge is 2.12. The van der Waals surface area contributed by atoms with E-state index >= 15 is 0 Å². The van der Waals surface area contributed by atoms with E-state index in [9.17, 15) is 4.79 Å². The number of methoxy groups -OCH3 is 2. The molecule has 0 unspecified atom stereocenters. The van der Waals surface area contributed by atoms with Crippen LogP contribution in [0.5, 0.6) is 11.5 Å². The monoisotopic (exact) mass is 264 g/mol. The van der Waals surface area contributed by atoms with Crippen molar-refractivity contribution < 1.29 is 14.3 Å². The Morgan fingerprint density at radius 3 is 2.84 bits per heavy atom. The minimum atomic E-state index is -0.236. The number of rotatable bonds is 7. The summed E-state index contributed by atoms with van der Waals surface area (Å²) in [5.74, 6) is 0.837. The van der Waals surface area contributed by atoms with Gasteiger partial charge in [-0.3, -0.25) is 4.79 Å². The van der Waals surface area contributed by atoms with Gasteiger partial charge in [-0.15, -0.1) is 0 Å². The zero-order valence-electron chi connectivity index (χ0n) is 10.9. The molecule has 0 bridgehead atoms. The fourth-order valence-electron chi connectivity index (χ4n) is 1.48. The number of carbonyl (C=O) groups excluding carboxylic acids is 1. The lowest BCUT2D eigenvalue weighted by molar-refractivity contribution is 0.0950. The molecule has 0 radical (unpaired) electrons. The highest BCUT2D eigenvalue weighted by Crippen LogP contribution is 2.24. The van der Waals surface area contributed by atoms with E-state index in [1.165, 1.54) is 7.11 Å². The average Bonchev–Trinajstić information content (AvgIpc) is 2.46. The van der Waals surface area contributed by atoms with Gasteiger partial charge in [-0.2, -0.15) is 0 Å². The number of azide groups is 1. The summed E-state index contributed by atoms with van der Waals surface area (Å²) in [7, 11) is 3.04. The summed E-state index contributed by atoms with van der Waals surface area (Å²) in [4.78, 5) is 14.6. The highest BCUT2D eigenvalue weighted by atomic mass is 16.5. The summed E-state index contributed by atoms with van der Waals surface area (Å²) in [5.41, 5.74) is 8.55. The van der Waals surface area contributed by atoms with Crippen LogP contribution in [0.2, 0.25) is 0 Å². The van der Waals surface area contributed by atoms with Gasteiger partial charge in [0, 0.05) is 24.1 Å².